The minimum atomic E-state index is 0.798. The summed E-state index contributed by atoms with van der Waals surface area (Å²) in [6, 6.07) is 14.0. The molecular weight excluding hydrogens is 172 g/mol. The first-order chi connectivity index (χ1) is 6.77. The van der Waals surface area contributed by atoms with E-state index in [2.05, 4.69) is 16.7 Å². The lowest BCUT2D eigenvalue weighted by atomic mass is 10.1. The van der Waals surface area contributed by atoms with Crippen LogP contribution in [-0.2, 0) is 7.05 Å². The van der Waals surface area contributed by atoms with Crippen molar-refractivity contribution in [3.63, 3.8) is 0 Å². The van der Waals surface area contributed by atoms with Gasteiger partial charge in [0.15, 0.2) is 6.20 Å². The second-order valence-electron chi connectivity index (χ2n) is 3.32. The molecule has 0 saturated heterocycles. The summed E-state index contributed by atoms with van der Waals surface area (Å²) in [6.45, 7) is 0. The molecule has 2 nitrogen and oxygen atoms in total. The first-order valence-electron chi connectivity index (χ1n) is 4.58. The van der Waals surface area contributed by atoms with Crippen molar-refractivity contribution in [1.82, 2.24) is 0 Å². The quantitative estimate of drug-likeness (QED) is 0.532. The highest BCUT2D eigenvalue weighted by molar-refractivity contribution is 5.61. The van der Waals surface area contributed by atoms with Crippen molar-refractivity contribution in [3.8, 4) is 11.3 Å². The second-order valence-corrected chi connectivity index (χ2v) is 3.32. The van der Waals surface area contributed by atoms with Crippen molar-refractivity contribution in [2.45, 2.75) is 0 Å². The summed E-state index contributed by atoms with van der Waals surface area (Å²) in [6.07, 6.45) is 2.03. The summed E-state index contributed by atoms with van der Waals surface area (Å²) in [5.41, 5.74) is 8.85. The fourth-order valence-corrected chi connectivity index (χ4v) is 1.52. The van der Waals surface area contributed by atoms with E-state index in [9.17, 15) is 0 Å². The van der Waals surface area contributed by atoms with Gasteiger partial charge in [-0.25, -0.2) is 4.57 Å². The summed E-state index contributed by atoms with van der Waals surface area (Å²) < 4.78 is 2.08. The van der Waals surface area contributed by atoms with Gasteiger partial charge in [0.2, 0.25) is 5.69 Å². The number of benzene rings is 1. The van der Waals surface area contributed by atoms with Crippen LogP contribution in [0.5, 0.6) is 0 Å². The molecule has 0 aliphatic carbocycles. The van der Waals surface area contributed by atoms with Gasteiger partial charge in [-0.3, -0.25) is 0 Å². The van der Waals surface area contributed by atoms with Gasteiger partial charge in [0.05, 0.1) is 0 Å². The molecule has 0 aliphatic rings. The van der Waals surface area contributed by atoms with E-state index in [1.54, 1.807) is 0 Å². The molecule has 0 saturated carbocycles. The monoisotopic (exact) mass is 185 g/mol. The summed E-state index contributed by atoms with van der Waals surface area (Å²) in [4.78, 5) is 0. The second kappa shape index (κ2) is 3.50. The standard InChI is InChI=1S/C12H13N2/c1-14-8-3-2-7-12(14)10-5-4-6-11(13)9-10/h2-9H,13H2,1H3/q+1. The predicted octanol–water partition coefficient (Wildman–Crippen LogP) is 1.76. The van der Waals surface area contributed by atoms with Crippen molar-refractivity contribution >= 4 is 5.69 Å². The largest absolute Gasteiger partial charge is 0.399 e. The van der Waals surface area contributed by atoms with Gasteiger partial charge in [-0.05, 0) is 24.3 Å². The lowest BCUT2D eigenvalue weighted by molar-refractivity contribution is -0.660. The number of rotatable bonds is 1. The zero-order chi connectivity index (χ0) is 9.97. The number of pyridine rings is 1. The van der Waals surface area contributed by atoms with Crippen molar-refractivity contribution in [2.75, 3.05) is 5.73 Å². The van der Waals surface area contributed by atoms with Crippen LogP contribution in [0.25, 0.3) is 11.3 Å². The molecule has 1 aromatic heterocycles. The predicted molar refractivity (Wildman–Crippen MR) is 57.5 cm³/mol. The van der Waals surface area contributed by atoms with E-state index in [1.165, 1.54) is 5.69 Å². The highest BCUT2D eigenvalue weighted by atomic mass is 14.9. The summed E-state index contributed by atoms with van der Waals surface area (Å²) in [5, 5.41) is 0. The number of aromatic nitrogens is 1. The van der Waals surface area contributed by atoms with Crippen molar-refractivity contribution in [1.29, 1.82) is 0 Å². The van der Waals surface area contributed by atoms with Gasteiger partial charge in [0.25, 0.3) is 0 Å². The number of anilines is 1. The van der Waals surface area contributed by atoms with Crippen LogP contribution in [0.2, 0.25) is 0 Å². The molecule has 0 unspecified atom stereocenters. The van der Waals surface area contributed by atoms with E-state index in [-0.39, 0.29) is 0 Å². The number of nitrogens with two attached hydrogens (primary N) is 1. The third kappa shape index (κ3) is 1.59. The van der Waals surface area contributed by atoms with Gasteiger partial charge in [0.1, 0.15) is 7.05 Å². The normalized spacial score (nSPS) is 10.1. The Labute approximate surface area is 83.6 Å². The molecule has 2 N–H and O–H groups in total. The maximum Gasteiger partial charge on any atom is 0.212 e. The Morgan fingerprint density at radius 3 is 2.64 bits per heavy atom. The molecule has 0 amide bonds. The molecule has 0 fully saturated rings. The number of hydrogen-bond donors (Lipinski definition) is 1. The first-order valence-corrected chi connectivity index (χ1v) is 4.58. The Bertz CT molecular complexity index is 450. The molecule has 14 heavy (non-hydrogen) atoms. The molecule has 1 heterocycles. The SMILES string of the molecule is C[n+]1ccccc1-c1cccc(N)c1. The third-order valence-electron chi connectivity index (χ3n) is 2.24. The van der Waals surface area contributed by atoms with E-state index < -0.39 is 0 Å². The van der Waals surface area contributed by atoms with Gasteiger partial charge in [-0.15, -0.1) is 0 Å². The van der Waals surface area contributed by atoms with Crippen molar-refractivity contribution < 1.29 is 4.57 Å². The Hall–Kier alpha value is -1.83. The summed E-state index contributed by atoms with van der Waals surface area (Å²) in [7, 11) is 2.03. The number of aryl methyl sites for hydroxylation is 1. The topological polar surface area (TPSA) is 29.9 Å². The lowest BCUT2D eigenvalue weighted by Crippen LogP contribution is -2.29. The van der Waals surface area contributed by atoms with Gasteiger partial charge >= 0.3 is 0 Å². The van der Waals surface area contributed by atoms with Crippen LogP contribution in [0.1, 0.15) is 0 Å². The van der Waals surface area contributed by atoms with Crippen LogP contribution in [0, 0.1) is 0 Å². The molecule has 0 spiro atoms. The molecule has 70 valence electrons. The number of nitrogens with zero attached hydrogens (tertiary/aromatic N) is 1. The molecule has 2 rings (SSSR count). The van der Waals surface area contributed by atoms with E-state index in [0.717, 1.165) is 11.3 Å². The number of nitrogen functional groups attached to an aromatic ring is 1. The van der Waals surface area contributed by atoms with E-state index in [1.807, 2.05) is 43.6 Å². The maximum atomic E-state index is 5.74. The van der Waals surface area contributed by atoms with Crippen LogP contribution in [0.15, 0.2) is 48.7 Å². The van der Waals surface area contributed by atoms with Crippen LogP contribution in [0.4, 0.5) is 5.69 Å². The third-order valence-corrected chi connectivity index (χ3v) is 2.24. The number of hydrogen-bond acceptors (Lipinski definition) is 1. The van der Waals surface area contributed by atoms with Crippen LogP contribution < -0.4 is 10.3 Å². The summed E-state index contributed by atoms with van der Waals surface area (Å²) >= 11 is 0. The smallest absolute Gasteiger partial charge is 0.212 e. The molecule has 0 atom stereocenters. The lowest BCUT2D eigenvalue weighted by Gasteiger charge is -2.00. The molecule has 2 heteroatoms. The van der Waals surface area contributed by atoms with Crippen molar-refractivity contribution in [3.05, 3.63) is 48.7 Å². The van der Waals surface area contributed by atoms with Crippen LogP contribution in [0.3, 0.4) is 0 Å². The maximum absolute atomic E-state index is 5.74. The average Bonchev–Trinajstić information content (AvgIpc) is 2.18. The first kappa shape index (κ1) is 8.75. The van der Waals surface area contributed by atoms with E-state index in [4.69, 9.17) is 5.73 Å². The molecule has 2 aromatic rings. The minimum Gasteiger partial charge on any atom is -0.399 e. The molecular formula is C12H13N2+. The average molecular weight is 185 g/mol. The van der Waals surface area contributed by atoms with Gasteiger partial charge < -0.3 is 5.73 Å². The molecule has 0 bridgehead atoms. The Kier molecular flexibility index (Phi) is 2.19. The highest BCUT2D eigenvalue weighted by Gasteiger charge is 2.07. The minimum absolute atomic E-state index is 0.798. The Balaban J connectivity index is 2.55. The van der Waals surface area contributed by atoms with Crippen LogP contribution >= 0.6 is 0 Å². The van der Waals surface area contributed by atoms with Gasteiger partial charge in [-0.2, -0.15) is 0 Å². The fraction of sp³-hybridized carbons (Fsp3) is 0.0833. The molecule has 1 aromatic carbocycles. The Morgan fingerprint density at radius 2 is 1.93 bits per heavy atom. The van der Waals surface area contributed by atoms with Crippen molar-refractivity contribution in [2.24, 2.45) is 7.05 Å². The highest BCUT2D eigenvalue weighted by Crippen LogP contribution is 2.17. The zero-order valence-electron chi connectivity index (χ0n) is 8.14. The fourth-order valence-electron chi connectivity index (χ4n) is 1.52. The summed E-state index contributed by atoms with van der Waals surface area (Å²) in [5.74, 6) is 0. The van der Waals surface area contributed by atoms with Gasteiger partial charge in [0, 0.05) is 23.4 Å². The van der Waals surface area contributed by atoms with Crippen LogP contribution in [-0.4, -0.2) is 0 Å². The van der Waals surface area contributed by atoms with E-state index >= 15 is 0 Å². The van der Waals surface area contributed by atoms with E-state index in [0.29, 0.717) is 0 Å². The molecule has 0 aliphatic heterocycles. The van der Waals surface area contributed by atoms with Gasteiger partial charge in [-0.1, -0.05) is 6.07 Å². The zero-order valence-corrected chi connectivity index (χ0v) is 8.14. The molecule has 0 radical (unpaired) electrons. The Morgan fingerprint density at radius 1 is 1.07 bits per heavy atom.